The second-order valence-corrected chi connectivity index (χ2v) is 5.33. The van der Waals surface area contributed by atoms with Gasteiger partial charge >= 0.3 is 0 Å². The Hall–Kier alpha value is -2.15. The molecule has 7 heteroatoms. The molecule has 0 aliphatic rings. The van der Waals surface area contributed by atoms with Crippen LogP contribution in [0.15, 0.2) is 34.8 Å². The summed E-state index contributed by atoms with van der Waals surface area (Å²) in [6.07, 6.45) is 5.54. The minimum atomic E-state index is 0.688. The van der Waals surface area contributed by atoms with Gasteiger partial charge < -0.3 is 9.72 Å². The maximum absolute atomic E-state index is 4.53. The molecule has 0 saturated heterocycles. The fourth-order valence-electron chi connectivity index (χ4n) is 1.92. The first-order chi connectivity index (χ1) is 9.65. The summed E-state index contributed by atoms with van der Waals surface area (Å²) in [5.41, 5.74) is 2.70. The maximum Gasteiger partial charge on any atom is 0.194 e. The molecule has 0 bridgehead atoms. The summed E-state index contributed by atoms with van der Waals surface area (Å²) < 4.78 is 1.93. The van der Waals surface area contributed by atoms with Crippen LogP contribution in [0.3, 0.4) is 0 Å². The van der Waals surface area contributed by atoms with Gasteiger partial charge in [0.1, 0.15) is 10.8 Å². The predicted molar refractivity (Wildman–Crippen MR) is 78.2 cm³/mol. The molecular formula is C13H14N6S. The van der Waals surface area contributed by atoms with Gasteiger partial charge in [0.25, 0.3) is 0 Å². The first-order valence-corrected chi connectivity index (χ1v) is 6.99. The van der Waals surface area contributed by atoms with Gasteiger partial charge in [0.15, 0.2) is 10.8 Å². The van der Waals surface area contributed by atoms with Crippen LogP contribution in [0.4, 0.5) is 5.82 Å². The van der Waals surface area contributed by atoms with E-state index < -0.39 is 0 Å². The third-order valence-electron chi connectivity index (χ3n) is 2.75. The number of hydrogen-bond donors (Lipinski definition) is 1. The van der Waals surface area contributed by atoms with Crippen molar-refractivity contribution < 1.29 is 0 Å². The van der Waals surface area contributed by atoms with Gasteiger partial charge in [-0.3, -0.25) is 0 Å². The molecule has 0 aliphatic heterocycles. The quantitative estimate of drug-likeness (QED) is 0.745. The second kappa shape index (κ2) is 5.09. The van der Waals surface area contributed by atoms with E-state index in [0.717, 1.165) is 27.9 Å². The van der Waals surface area contributed by atoms with Crippen molar-refractivity contribution in [3.8, 4) is 0 Å². The van der Waals surface area contributed by atoms with E-state index in [9.17, 15) is 0 Å². The van der Waals surface area contributed by atoms with Crippen LogP contribution in [-0.2, 0) is 0 Å². The molecule has 0 radical (unpaired) electrons. The van der Waals surface area contributed by atoms with Crippen molar-refractivity contribution in [2.45, 2.75) is 24.0 Å². The highest BCUT2D eigenvalue weighted by Crippen LogP contribution is 2.27. The van der Waals surface area contributed by atoms with E-state index in [2.05, 4.69) is 25.3 Å². The third-order valence-corrected chi connectivity index (χ3v) is 3.58. The zero-order chi connectivity index (χ0) is 14.1. The Labute approximate surface area is 120 Å². The lowest BCUT2D eigenvalue weighted by Crippen LogP contribution is -1.99. The standard InChI is InChI=1S/C13H14N6S/c1-8-6-9(2)17-13(16-8)20-12-11-15-4-5-19(11)7-10(14-3)18-12/h4-7,14H,1-3H3. The Morgan fingerprint density at radius 3 is 2.60 bits per heavy atom. The third kappa shape index (κ3) is 2.44. The Morgan fingerprint density at radius 1 is 1.15 bits per heavy atom. The van der Waals surface area contributed by atoms with Crippen LogP contribution in [0.5, 0.6) is 0 Å². The molecule has 0 spiro atoms. The smallest absolute Gasteiger partial charge is 0.194 e. The fraction of sp³-hybridized carbons (Fsp3) is 0.231. The van der Waals surface area contributed by atoms with E-state index in [4.69, 9.17) is 0 Å². The minimum absolute atomic E-state index is 0.688. The van der Waals surface area contributed by atoms with Crippen LogP contribution >= 0.6 is 11.8 Å². The van der Waals surface area contributed by atoms with Crippen LogP contribution in [0, 0.1) is 13.8 Å². The Morgan fingerprint density at radius 2 is 1.90 bits per heavy atom. The highest BCUT2D eigenvalue weighted by Gasteiger charge is 2.11. The maximum atomic E-state index is 4.53. The normalized spacial score (nSPS) is 10.9. The summed E-state index contributed by atoms with van der Waals surface area (Å²) in [5, 5.41) is 4.52. The summed E-state index contributed by atoms with van der Waals surface area (Å²) in [4.78, 5) is 17.7. The molecule has 0 fully saturated rings. The molecule has 0 amide bonds. The number of fused-ring (bicyclic) bond motifs is 1. The average molecular weight is 286 g/mol. The molecule has 6 nitrogen and oxygen atoms in total. The van der Waals surface area contributed by atoms with Crippen LogP contribution in [0.25, 0.3) is 5.65 Å². The average Bonchev–Trinajstić information content (AvgIpc) is 2.85. The van der Waals surface area contributed by atoms with Crippen molar-refractivity contribution >= 4 is 23.2 Å². The monoisotopic (exact) mass is 286 g/mol. The molecule has 20 heavy (non-hydrogen) atoms. The molecule has 3 heterocycles. The van der Waals surface area contributed by atoms with Crippen molar-refractivity contribution in [3.05, 3.63) is 36.0 Å². The SMILES string of the molecule is CNc1cn2ccnc2c(Sc2nc(C)cc(C)n2)n1. The highest BCUT2D eigenvalue weighted by molar-refractivity contribution is 7.99. The van der Waals surface area contributed by atoms with Crippen molar-refractivity contribution in [1.82, 2.24) is 24.3 Å². The predicted octanol–water partition coefficient (Wildman–Crippen LogP) is 2.33. The van der Waals surface area contributed by atoms with Gasteiger partial charge in [-0.2, -0.15) is 0 Å². The molecule has 3 rings (SSSR count). The van der Waals surface area contributed by atoms with E-state index in [0.29, 0.717) is 5.16 Å². The fourth-order valence-corrected chi connectivity index (χ4v) is 2.86. The highest BCUT2D eigenvalue weighted by atomic mass is 32.2. The van der Waals surface area contributed by atoms with Crippen LogP contribution in [0.1, 0.15) is 11.4 Å². The van der Waals surface area contributed by atoms with Crippen molar-refractivity contribution in [1.29, 1.82) is 0 Å². The number of anilines is 1. The molecule has 0 aromatic carbocycles. The molecule has 0 aliphatic carbocycles. The molecule has 0 atom stereocenters. The largest absolute Gasteiger partial charge is 0.372 e. The van der Waals surface area contributed by atoms with Crippen molar-refractivity contribution in [2.24, 2.45) is 0 Å². The zero-order valence-corrected chi connectivity index (χ0v) is 12.3. The van der Waals surface area contributed by atoms with Crippen LogP contribution < -0.4 is 5.32 Å². The Bertz CT molecular complexity index is 746. The first kappa shape index (κ1) is 12.9. The summed E-state index contributed by atoms with van der Waals surface area (Å²) >= 11 is 1.42. The summed E-state index contributed by atoms with van der Waals surface area (Å²) in [6.45, 7) is 3.92. The molecular weight excluding hydrogens is 272 g/mol. The molecule has 1 N–H and O–H groups in total. The Balaban J connectivity index is 2.07. The van der Waals surface area contributed by atoms with Crippen molar-refractivity contribution in [2.75, 3.05) is 12.4 Å². The number of nitrogens with zero attached hydrogens (tertiary/aromatic N) is 5. The first-order valence-electron chi connectivity index (χ1n) is 6.17. The lowest BCUT2D eigenvalue weighted by molar-refractivity contribution is 0.897. The van der Waals surface area contributed by atoms with Gasteiger partial charge in [-0.1, -0.05) is 0 Å². The number of hydrogen-bond acceptors (Lipinski definition) is 6. The van der Waals surface area contributed by atoms with E-state index in [1.807, 2.05) is 43.8 Å². The van der Waals surface area contributed by atoms with Crippen LogP contribution in [0.2, 0.25) is 0 Å². The number of aryl methyl sites for hydroxylation is 2. The van der Waals surface area contributed by atoms with E-state index in [1.165, 1.54) is 11.8 Å². The van der Waals surface area contributed by atoms with E-state index >= 15 is 0 Å². The van der Waals surface area contributed by atoms with Gasteiger partial charge in [-0.05, 0) is 31.7 Å². The summed E-state index contributed by atoms with van der Waals surface area (Å²) in [6, 6.07) is 1.95. The van der Waals surface area contributed by atoms with Crippen molar-refractivity contribution in [3.63, 3.8) is 0 Å². The van der Waals surface area contributed by atoms with Gasteiger partial charge in [-0.15, -0.1) is 0 Å². The van der Waals surface area contributed by atoms with Gasteiger partial charge in [0.2, 0.25) is 0 Å². The zero-order valence-electron chi connectivity index (χ0n) is 11.5. The lowest BCUT2D eigenvalue weighted by Gasteiger charge is -2.06. The topological polar surface area (TPSA) is 68.0 Å². The van der Waals surface area contributed by atoms with E-state index in [1.54, 1.807) is 6.20 Å². The van der Waals surface area contributed by atoms with Gasteiger partial charge in [0, 0.05) is 30.8 Å². The molecule has 102 valence electrons. The molecule has 3 aromatic heterocycles. The number of imidazole rings is 1. The summed E-state index contributed by atoms with van der Waals surface area (Å²) in [7, 11) is 1.84. The van der Waals surface area contributed by atoms with E-state index in [-0.39, 0.29) is 0 Å². The van der Waals surface area contributed by atoms with Gasteiger partial charge in [0.05, 0.1) is 6.20 Å². The number of nitrogens with one attached hydrogen (secondary N) is 1. The van der Waals surface area contributed by atoms with Gasteiger partial charge in [-0.25, -0.2) is 19.9 Å². The van der Waals surface area contributed by atoms with Crippen LogP contribution in [-0.4, -0.2) is 31.4 Å². The number of rotatable bonds is 3. The molecule has 0 unspecified atom stereocenters. The lowest BCUT2D eigenvalue weighted by atomic mass is 10.4. The minimum Gasteiger partial charge on any atom is -0.372 e. The summed E-state index contributed by atoms with van der Waals surface area (Å²) in [5.74, 6) is 0.780. The second-order valence-electron chi connectivity index (χ2n) is 4.37. The Kier molecular flexibility index (Phi) is 3.27. The molecule has 0 saturated carbocycles. The molecule has 3 aromatic rings. The number of aromatic nitrogens is 5.